The molecule has 6 aromatic rings. The van der Waals surface area contributed by atoms with E-state index < -0.39 is 0 Å². The van der Waals surface area contributed by atoms with Crippen LogP contribution in [0.5, 0.6) is 0 Å². The molecule has 0 fully saturated rings. The highest BCUT2D eigenvalue weighted by Crippen LogP contribution is 2.61. The van der Waals surface area contributed by atoms with Crippen molar-refractivity contribution in [2.45, 2.75) is 38.5 Å². The Morgan fingerprint density at radius 2 is 1.05 bits per heavy atom. The summed E-state index contributed by atoms with van der Waals surface area (Å²) in [4.78, 5) is 2.55. The van der Waals surface area contributed by atoms with Crippen LogP contribution in [0.2, 0.25) is 0 Å². The smallest absolute Gasteiger partial charge is 0.0544 e. The van der Waals surface area contributed by atoms with Gasteiger partial charge in [0.25, 0.3) is 0 Å². The van der Waals surface area contributed by atoms with Crippen LogP contribution in [0, 0.1) is 0 Å². The van der Waals surface area contributed by atoms with Gasteiger partial charge in [0.15, 0.2) is 0 Å². The Bertz CT molecular complexity index is 1990. The molecule has 0 radical (unpaired) electrons. The lowest BCUT2D eigenvalue weighted by Gasteiger charge is -2.50. The topological polar surface area (TPSA) is 3.24 Å². The van der Waals surface area contributed by atoms with Crippen molar-refractivity contribution < 1.29 is 0 Å². The third-order valence-corrected chi connectivity index (χ3v) is 9.62. The normalized spacial score (nSPS) is 15.7. The lowest BCUT2D eigenvalue weighted by atomic mass is 9.65. The zero-order valence-corrected chi connectivity index (χ0v) is 24.1. The molecule has 2 aliphatic rings. The third kappa shape index (κ3) is 3.36. The zero-order valence-electron chi connectivity index (χ0n) is 24.1. The quantitative estimate of drug-likeness (QED) is 0.216. The molecule has 0 saturated heterocycles. The number of para-hydroxylation sites is 1. The Hall–Kier alpha value is -4.62. The second-order valence-electron chi connectivity index (χ2n) is 12.6. The summed E-state index contributed by atoms with van der Waals surface area (Å²) >= 11 is 0. The highest BCUT2D eigenvalue weighted by atomic mass is 15.2. The molecular weight excluding hydrogens is 494 g/mol. The summed E-state index contributed by atoms with van der Waals surface area (Å²) < 4.78 is 0. The molecule has 41 heavy (non-hydrogen) atoms. The van der Waals surface area contributed by atoms with Crippen molar-refractivity contribution in [3.63, 3.8) is 0 Å². The summed E-state index contributed by atoms with van der Waals surface area (Å²) in [5.41, 5.74) is 14.2. The molecule has 0 N–H and O–H groups in total. The van der Waals surface area contributed by atoms with E-state index in [0.717, 1.165) is 0 Å². The fourth-order valence-electron chi connectivity index (χ4n) is 7.36. The number of hydrogen-bond donors (Lipinski definition) is 0. The van der Waals surface area contributed by atoms with Gasteiger partial charge in [0.05, 0.1) is 17.1 Å². The average Bonchev–Trinajstić information content (AvgIpc) is 3.01. The molecule has 1 nitrogen and oxygen atoms in total. The second-order valence-corrected chi connectivity index (χ2v) is 12.6. The lowest BCUT2D eigenvalue weighted by Crippen LogP contribution is -2.38. The summed E-state index contributed by atoms with van der Waals surface area (Å²) in [6, 6.07) is 47.2. The monoisotopic (exact) mass is 527 g/mol. The highest BCUT2D eigenvalue weighted by molar-refractivity contribution is 5.99. The second kappa shape index (κ2) is 8.44. The van der Waals surface area contributed by atoms with Crippen molar-refractivity contribution in [2.75, 3.05) is 4.90 Å². The van der Waals surface area contributed by atoms with Gasteiger partial charge in [0.1, 0.15) is 0 Å². The van der Waals surface area contributed by atoms with E-state index in [1.165, 1.54) is 72.3 Å². The fourth-order valence-corrected chi connectivity index (χ4v) is 7.36. The van der Waals surface area contributed by atoms with E-state index in [9.17, 15) is 0 Å². The largest absolute Gasteiger partial charge is 0.309 e. The Kier molecular flexibility index (Phi) is 4.98. The van der Waals surface area contributed by atoms with Crippen molar-refractivity contribution >= 4 is 27.8 Å². The number of benzene rings is 6. The van der Waals surface area contributed by atoms with E-state index in [-0.39, 0.29) is 10.8 Å². The van der Waals surface area contributed by atoms with Crippen LogP contribution < -0.4 is 4.90 Å². The van der Waals surface area contributed by atoms with Crippen LogP contribution in [0.15, 0.2) is 127 Å². The highest BCUT2D eigenvalue weighted by Gasteiger charge is 2.45. The first-order valence-electron chi connectivity index (χ1n) is 14.6. The van der Waals surface area contributed by atoms with Gasteiger partial charge in [-0.05, 0) is 85.6 Å². The number of nitrogens with zero attached hydrogens (tertiary/aromatic N) is 1. The van der Waals surface area contributed by atoms with Gasteiger partial charge in [-0.15, -0.1) is 0 Å². The van der Waals surface area contributed by atoms with Crippen LogP contribution in [0.25, 0.3) is 33.0 Å². The maximum atomic E-state index is 2.55. The van der Waals surface area contributed by atoms with Gasteiger partial charge in [-0.25, -0.2) is 0 Å². The minimum Gasteiger partial charge on any atom is -0.309 e. The summed E-state index contributed by atoms with van der Waals surface area (Å²) in [5.74, 6) is 0. The standard InChI is InChI=1S/C40H33N/c1-39(2)32-19-10-11-20-36(32)41-37-22-21-28(31-18-12-16-27-15-8-9-17-30(27)31)23-33(37)40(3,4)35-25-29(24-34(39)38(35)41)26-13-6-5-7-14-26/h5-25H,1-4H3. The molecule has 0 aliphatic carbocycles. The van der Waals surface area contributed by atoms with Crippen LogP contribution in [0.1, 0.15) is 49.9 Å². The summed E-state index contributed by atoms with van der Waals surface area (Å²) in [6.07, 6.45) is 0. The predicted molar refractivity (Wildman–Crippen MR) is 174 cm³/mol. The number of hydrogen-bond acceptors (Lipinski definition) is 1. The van der Waals surface area contributed by atoms with Gasteiger partial charge in [-0.3, -0.25) is 0 Å². The Morgan fingerprint density at radius 3 is 1.85 bits per heavy atom. The molecule has 0 amide bonds. The lowest BCUT2D eigenvalue weighted by molar-refractivity contribution is 0.598. The fraction of sp³-hybridized carbons (Fsp3) is 0.150. The van der Waals surface area contributed by atoms with Crippen molar-refractivity contribution in [2.24, 2.45) is 0 Å². The van der Waals surface area contributed by atoms with E-state index in [1.807, 2.05) is 0 Å². The van der Waals surface area contributed by atoms with Crippen LogP contribution in [0.3, 0.4) is 0 Å². The van der Waals surface area contributed by atoms with Gasteiger partial charge in [0.2, 0.25) is 0 Å². The Balaban J connectivity index is 1.44. The molecule has 8 rings (SSSR count). The first-order valence-corrected chi connectivity index (χ1v) is 14.6. The average molecular weight is 528 g/mol. The first kappa shape index (κ1) is 24.2. The summed E-state index contributed by atoms with van der Waals surface area (Å²) in [5, 5.41) is 2.57. The molecule has 0 spiro atoms. The maximum Gasteiger partial charge on any atom is 0.0544 e. The van der Waals surface area contributed by atoms with Crippen LogP contribution in [-0.2, 0) is 10.8 Å². The first-order chi connectivity index (χ1) is 19.9. The van der Waals surface area contributed by atoms with Crippen molar-refractivity contribution in [1.29, 1.82) is 0 Å². The molecule has 2 heterocycles. The summed E-state index contributed by atoms with van der Waals surface area (Å²) in [7, 11) is 0. The molecule has 0 bridgehead atoms. The number of anilines is 3. The van der Waals surface area contributed by atoms with Crippen LogP contribution in [-0.4, -0.2) is 0 Å². The SMILES string of the molecule is CC1(C)c2ccccc2N2c3ccc(-c4cccc5ccccc45)cc3C(C)(C)c3cc(-c4ccccc4)cc1c32. The molecule has 0 aromatic heterocycles. The number of rotatable bonds is 2. The molecule has 2 aliphatic heterocycles. The molecule has 6 aromatic carbocycles. The van der Waals surface area contributed by atoms with E-state index in [0.29, 0.717) is 0 Å². The van der Waals surface area contributed by atoms with Crippen molar-refractivity contribution in [3.8, 4) is 22.3 Å². The Morgan fingerprint density at radius 1 is 0.439 bits per heavy atom. The molecule has 198 valence electrons. The van der Waals surface area contributed by atoms with E-state index in [1.54, 1.807) is 0 Å². The van der Waals surface area contributed by atoms with Gasteiger partial charge < -0.3 is 4.90 Å². The van der Waals surface area contributed by atoms with Crippen LogP contribution in [0.4, 0.5) is 17.1 Å². The predicted octanol–water partition coefficient (Wildman–Crippen LogP) is 10.9. The maximum absolute atomic E-state index is 2.55. The van der Waals surface area contributed by atoms with E-state index in [4.69, 9.17) is 0 Å². The molecule has 0 unspecified atom stereocenters. The molecule has 0 atom stereocenters. The Labute approximate surface area is 242 Å². The minimum absolute atomic E-state index is 0.127. The van der Waals surface area contributed by atoms with Gasteiger partial charge in [0, 0.05) is 10.8 Å². The van der Waals surface area contributed by atoms with E-state index in [2.05, 4.69) is 160 Å². The van der Waals surface area contributed by atoms with E-state index >= 15 is 0 Å². The molecule has 0 saturated carbocycles. The van der Waals surface area contributed by atoms with Crippen LogP contribution >= 0.6 is 0 Å². The summed E-state index contributed by atoms with van der Waals surface area (Å²) in [6.45, 7) is 9.60. The third-order valence-electron chi connectivity index (χ3n) is 9.62. The number of fused-ring (bicyclic) bond motifs is 5. The van der Waals surface area contributed by atoms with Gasteiger partial charge in [-0.1, -0.05) is 125 Å². The van der Waals surface area contributed by atoms with Crippen molar-refractivity contribution in [1.82, 2.24) is 0 Å². The zero-order chi connectivity index (χ0) is 27.9. The molecular formula is C40H33N. The van der Waals surface area contributed by atoms with Gasteiger partial charge >= 0.3 is 0 Å². The minimum atomic E-state index is -0.191. The van der Waals surface area contributed by atoms with Gasteiger partial charge in [-0.2, -0.15) is 0 Å². The van der Waals surface area contributed by atoms with Crippen molar-refractivity contribution in [3.05, 3.63) is 150 Å². The molecule has 1 heteroatoms.